The quantitative estimate of drug-likeness (QED) is 0.232. The fourth-order valence-electron chi connectivity index (χ4n) is 2.60. The zero-order valence-corrected chi connectivity index (χ0v) is 17.8. The van der Waals surface area contributed by atoms with E-state index in [1.165, 1.54) is 6.21 Å². The molecule has 0 aliphatic carbocycles. The number of rotatable bonds is 7. The van der Waals surface area contributed by atoms with Gasteiger partial charge < -0.3 is 10.1 Å². The molecule has 3 rings (SSSR count). The van der Waals surface area contributed by atoms with E-state index in [4.69, 9.17) is 4.74 Å². The molecule has 0 heterocycles. The van der Waals surface area contributed by atoms with Crippen molar-refractivity contribution in [2.75, 3.05) is 11.9 Å². The summed E-state index contributed by atoms with van der Waals surface area (Å²) in [5.74, 6) is -0.345. The third-order valence-electron chi connectivity index (χ3n) is 4.00. The van der Waals surface area contributed by atoms with Crippen LogP contribution in [0, 0.1) is 6.92 Å². The van der Waals surface area contributed by atoms with Gasteiger partial charge in [-0.25, -0.2) is 10.2 Å². The summed E-state index contributed by atoms with van der Waals surface area (Å²) in [5.41, 5.74) is 5.57. The van der Waals surface area contributed by atoms with Crippen LogP contribution in [0.25, 0.3) is 0 Å². The third kappa shape index (κ3) is 6.56. The van der Waals surface area contributed by atoms with Gasteiger partial charge in [-0.1, -0.05) is 46.3 Å². The molecule has 3 aromatic carbocycles. The van der Waals surface area contributed by atoms with Gasteiger partial charge in [-0.3, -0.25) is 4.79 Å². The lowest BCUT2D eigenvalue weighted by molar-refractivity contribution is -0.119. The molecule has 0 aliphatic rings. The number of anilines is 1. The number of nitrogens with one attached hydrogen (secondary N) is 2. The second kappa shape index (κ2) is 10.4. The first kappa shape index (κ1) is 21.3. The number of amides is 1. The van der Waals surface area contributed by atoms with E-state index in [1.54, 1.807) is 42.5 Å². The fraction of sp³-hybridized carbons (Fsp3) is 0.0870. The van der Waals surface area contributed by atoms with Gasteiger partial charge in [0.15, 0.2) is 0 Å². The summed E-state index contributed by atoms with van der Waals surface area (Å²) in [6.07, 6.45) is 1.49. The molecule has 152 valence electrons. The largest absolute Gasteiger partial charge is 0.423 e. The van der Waals surface area contributed by atoms with Crippen molar-refractivity contribution >= 4 is 39.7 Å². The van der Waals surface area contributed by atoms with Crippen LogP contribution in [0.3, 0.4) is 0 Å². The Morgan fingerprint density at radius 3 is 2.63 bits per heavy atom. The molecule has 3 aromatic rings. The van der Waals surface area contributed by atoms with Crippen LogP contribution in [0.4, 0.5) is 5.69 Å². The minimum atomic E-state index is -0.457. The number of esters is 1. The summed E-state index contributed by atoms with van der Waals surface area (Å²) in [6.45, 7) is 2.09. The van der Waals surface area contributed by atoms with E-state index in [2.05, 4.69) is 31.8 Å². The Balaban J connectivity index is 1.52. The lowest BCUT2D eigenvalue weighted by Gasteiger charge is -2.06. The number of carbonyl (C=O) groups excluding carboxylic acids is 2. The summed E-state index contributed by atoms with van der Waals surface area (Å²) >= 11 is 3.33. The number of aryl methyl sites for hydroxylation is 1. The normalized spacial score (nSPS) is 10.6. The Bertz CT molecular complexity index is 1080. The van der Waals surface area contributed by atoms with E-state index in [0.29, 0.717) is 16.9 Å². The van der Waals surface area contributed by atoms with Gasteiger partial charge in [-0.15, -0.1) is 0 Å². The van der Waals surface area contributed by atoms with E-state index in [1.807, 2.05) is 37.3 Å². The van der Waals surface area contributed by atoms with Crippen molar-refractivity contribution in [3.63, 3.8) is 0 Å². The molecule has 6 nitrogen and oxygen atoms in total. The van der Waals surface area contributed by atoms with Gasteiger partial charge in [0.05, 0.1) is 18.3 Å². The minimum Gasteiger partial charge on any atom is -0.423 e. The van der Waals surface area contributed by atoms with Crippen LogP contribution in [0.15, 0.2) is 82.4 Å². The highest BCUT2D eigenvalue weighted by molar-refractivity contribution is 9.10. The van der Waals surface area contributed by atoms with Crippen LogP contribution in [0.2, 0.25) is 0 Å². The monoisotopic (exact) mass is 465 g/mol. The molecule has 30 heavy (non-hydrogen) atoms. The first-order valence-corrected chi connectivity index (χ1v) is 9.99. The average molecular weight is 466 g/mol. The van der Waals surface area contributed by atoms with Gasteiger partial charge in [-0.2, -0.15) is 5.10 Å². The van der Waals surface area contributed by atoms with Crippen molar-refractivity contribution in [1.29, 1.82) is 0 Å². The van der Waals surface area contributed by atoms with Gasteiger partial charge in [0, 0.05) is 10.2 Å². The number of hydrogen-bond acceptors (Lipinski definition) is 5. The number of hydrogen-bond donors (Lipinski definition) is 2. The van der Waals surface area contributed by atoms with Gasteiger partial charge >= 0.3 is 5.97 Å². The topological polar surface area (TPSA) is 79.8 Å². The van der Waals surface area contributed by atoms with Crippen molar-refractivity contribution < 1.29 is 14.3 Å². The number of carbonyl (C=O) groups is 2. The van der Waals surface area contributed by atoms with E-state index < -0.39 is 5.97 Å². The number of nitrogens with zero attached hydrogens (tertiary/aromatic N) is 1. The van der Waals surface area contributed by atoms with E-state index in [0.717, 1.165) is 15.7 Å². The maximum atomic E-state index is 12.3. The van der Waals surface area contributed by atoms with Crippen molar-refractivity contribution in [3.05, 3.63) is 94.0 Å². The molecule has 0 aromatic heterocycles. The number of hydrazone groups is 1. The molecule has 2 N–H and O–H groups in total. The van der Waals surface area contributed by atoms with E-state index in [-0.39, 0.29) is 12.5 Å². The number of ether oxygens (including phenoxy) is 1. The number of halogens is 1. The molecule has 0 fully saturated rings. The van der Waals surface area contributed by atoms with Crippen LogP contribution >= 0.6 is 15.9 Å². The summed E-state index contributed by atoms with van der Waals surface area (Å²) in [5, 5.41) is 6.99. The third-order valence-corrected chi connectivity index (χ3v) is 4.50. The predicted molar refractivity (Wildman–Crippen MR) is 121 cm³/mol. The Labute approximate surface area is 183 Å². The smallest absolute Gasteiger partial charge is 0.343 e. The molecule has 7 heteroatoms. The molecule has 0 unspecified atom stereocenters. The maximum Gasteiger partial charge on any atom is 0.343 e. The van der Waals surface area contributed by atoms with Gasteiger partial charge in [-0.05, 0) is 60.5 Å². The lowest BCUT2D eigenvalue weighted by atomic mass is 10.2. The fourth-order valence-corrected chi connectivity index (χ4v) is 2.99. The van der Waals surface area contributed by atoms with Gasteiger partial charge in [0.1, 0.15) is 5.75 Å². The first-order valence-electron chi connectivity index (χ1n) is 9.20. The van der Waals surface area contributed by atoms with Crippen molar-refractivity contribution in [2.45, 2.75) is 6.92 Å². The molecule has 0 spiro atoms. The molecule has 0 aliphatic heterocycles. The van der Waals surface area contributed by atoms with Crippen LogP contribution in [0.5, 0.6) is 5.75 Å². The van der Waals surface area contributed by atoms with Gasteiger partial charge in [0.25, 0.3) is 5.91 Å². The highest BCUT2D eigenvalue weighted by Crippen LogP contribution is 2.17. The van der Waals surface area contributed by atoms with E-state index in [9.17, 15) is 9.59 Å². The Hall–Kier alpha value is -3.45. The molecule has 0 saturated carbocycles. The summed E-state index contributed by atoms with van der Waals surface area (Å²) in [4.78, 5) is 24.2. The summed E-state index contributed by atoms with van der Waals surface area (Å²) in [6, 6.07) is 21.6. The standard InChI is InChI=1S/C23H20BrN3O3/c1-16-5-2-9-20(11-16)25-15-22(28)27-26-14-17-6-3-10-21(12-17)30-23(29)18-7-4-8-19(24)13-18/h2-14,25H,15H2,1H3,(H,27,28). The second-order valence-corrected chi connectivity index (χ2v) is 7.40. The highest BCUT2D eigenvalue weighted by Gasteiger charge is 2.09. The predicted octanol–water partition coefficient (Wildman–Crippen LogP) is 4.54. The highest BCUT2D eigenvalue weighted by atomic mass is 79.9. The first-order chi connectivity index (χ1) is 14.5. The van der Waals surface area contributed by atoms with Crippen LogP contribution in [-0.2, 0) is 4.79 Å². The molecular formula is C23H20BrN3O3. The minimum absolute atomic E-state index is 0.102. The number of benzene rings is 3. The van der Waals surface area contributed by atoms with Crippen LogP contribution in [-0.4, -0.2) is 24.6 Å². The zero-order chi connectivity index (χ0) is 21.3. The molecular weight excluding hydrogens is 446 g/mol. The summed E-state index contributed by atoms with van der Waals surface area (Å²) < 4.78 is 6.20. The van der Waals surface area contributed by atoms with Crippen molar-refractivity contribution in [1.82, 2.24) is 5.43 Å². The molecule has 0 saturated heterocycles. The molecule has 1 amide bonds. The van der Waals surface area contributed by atoms with Crippen LogP contribution in [0.1, 0.15) is 21.5 Å². The van der Waals surface area contributed by atoms with Crippen LogP contribution < -0.4 is 15.5 Å². The lowest BCUT2D eigenvalue weighted by Crippen LogP contribution is -2.25. The van der Waals surface area contributed by atoms with Crippen molar-refractivity contribution in [3.8, 4) is 5.75 Å². The Morgan fingerprint density at radius 1 is 1.03 bits per heavy atom. The molecule has 0 bridgehead atoms. The molecule has 0 atom stereocenters. The Morgan fingerprint density at radius 2 is 1.83 bits per heavy atom. The van der Waals surface area contributed by atoms with Gasteiger partial charge in [0.2, 0.25) is 0 Å². The summed E-state index contributed by atoms with van der Waals surface area (Å²) in [7, 11) is 0. The van der Waals surface area contributed by atoms with E-state index >= 15 is 0 Å². The SMILES string of the molecule is Cc1cccc(NCC(=O)NN=Cc2cccc(OC(=O)c3cccc(Br)c3)c2)c1. The Kier molecular flexibility index (Phi) is 7.34. The average Bonchev–Trinajstić information content (AvgIpc) is 2.73. The maximum absolute atomic E-state index is 12.3. The second-order valence-electron chi connectivity index (χ2n) is 6.49. The molecule has 0 radical (unpaired) electrons. The zero-order valence-electron chi connectivity index (χ0n) is 16.3. The van der Waals surface area contributed by atoms with Crippen molar-refractivity contribution in [2.24, 2.45) is 5.10 Å².